The Hall–Kier alpha value is -5.13. The van der Waals surface area contributed by atoms with Crippen molar-refractivity contribution in [2.75, 3.05) is 14.2 Å². The van der Waals surface area contributed by atoms with E-state index in [9.17, 15) is 50.1 Å². The van der Waals surface area contributed by atoms with Crippen LogP contribution in [0.2, 0.25) is 0 Å². The van der Waals surface area contributed by atoms with E-state index in [1.54, 1.807) is 27.7 Å². The molecule has 0 saturated heterocycles. The smallest absolute Gasteiger partial charge is 0.173 e. The third kappa shape index (κ3) is 6.77. The van der Waals surface area contributed by atoms with Crippen molar-refractivity contribution in [3.05, 3.63) is 50.1 Å². The molecule has 3 aromatic carbocycles. The molecule has 0 amide bonds. The SMILES string of the molecule is CCCC(=O)c1c(O)c(Cc2c(O)c(Cc3c(O)c(C)c(OC)c(C(=O)CCC)c3O)c(O)c(C(=O)C(C)CC)c2O)c(O)c(C)c1OC. The maximum atomic E-state index is 13.6. The molecular formula is C37H46O12. The summed E-state index contributed by atoms with van der Waals surface area (Å²) in [6.45, 7) is 9.72. The van der Waals surface area contributed by atoms with Gasteiger partial charge in [0.15, 0.2) is 17.3 Å². The van der Waals surface area contributed by atoms with E-state index < -0.39 is 93.0 Å². The first-order valence-corrected chi connectivity index (χ1v) is 16.2. The summed E-state index contributed by atoms with van der Waals surface area (Å²) < 4.78 is 10.7. The van der Waals surface area contributed by atoms with Gasteiger partial charge in [0.05, 0.1) is 14.2 Å². The Morgan fingerprint density at radius 2 is 0.878 bits per heavy atom. The molecule has 0 spiro atoms. The number of ether oxygens (including phenoxy) is 2. The van der Waals surface area contributed by atoms with Gasteiger partial charge in [-0.25, -0.2) is 0 Å². The molecule has 7 N–H and O–H groups in total. The number of carbonyl (C=O) groups is 3. The monoisotopic (exact) mass is 682 g/mol. The van der Waals surface area contributed by atoms with E-state index in [2.05, 4.69) is 0 Å². The van der Waals surface area contributed by atoms with Gasteiger partial charge in [0, 0.05) is 65.0 Å². The Morgan fingerprint density at radius 1 is 0.551 bits per heavy atom. The highest BCUT2D eigenvalue weighted by Crippen LogP contribution is 2.51. The average Bonchev–Trinajstić information content (AvgIpc) is 3.06. The standard InChI is InChI=1S/C37H46O12/c1-9-12-23(38)25-32(44)19(29(41)17(5)36(25)48-7)14-21-31(43)22(35(47)27(34(21)46)28(40)16(4)11-3)15-20-30(42)18(6)37(49-8)26(33(20)45)24(39)13-10-2/h16,41-47H,9-15H2,1-8H3. The predicted octanol–water partition coefficient (Wildman–Crippen LogP) is 6.64. The number of Topliss-reactive ketones (excluding diaryl/α,β-unsaturated/α-hetero) is 3. The molecule has 0 aliphatic carbocycles. The van der Waals surface area contributed by atoms with Crippen molar-refractivity contribution in [1.82, 2.24) is 0 Å². The van der Waals surface area contributed by atoms with Crippen LogP contribution in [0.15, 0.2) is 0 Å². The molecule has 266 valence electrons. The summed E-state index contributed by atoms with van der Waals surface area (Å²) >= 11 is 0. The van der Waals surface area contributed by atoms with Crippen molar-refractivity contribution in [3.8, 4) is 51.7 Å². The molecule has 0 bridgehead atoms. The average molecular weight is 683 g/mol. The van der Waals surface area contributed by atoms with Crippen LogP contribution in [0.4, 0.5) is 0 Å². The summed E-state index contributed by atoms with van der Waals surface area (Å²) in [4.78, 5) is 39.7. The fourth-order valence-electron chi connectivity index (χ4n) is 6.02. The summed E-state index contributed by atoms with van der Waals surface area (Å²) in [5.41, 5.74) is -2.18. The molecule has 12 nitrogen and oxygen atoms in total. The van der Waals surface area contributed by atoms with Crippen LogP contribution in [0.3, 0.4) is 0 Å². The van der Waals surface area contributed by atoms with Gasteiger partial charge in [-0.05, 0) is 33.1 Å². The van der Waals surface area contributed by atoms with Gasteiger partial charge >= 0.3 is 0 Å². The molecule has 0 aliphatic heterocycles. The Kier molecular flexibility index (Phi) is 12.0. The molecule has 12 heteroatoms. The molecule has 0 fully saturated rings. The van der Waals surface area contributed by atoms with Crippen molar-refractivity contribution in [2.24, 2.45) is 5.92 Å². The van der Waals surface area contributed by atoms with E-state index in [4.69, 9.17) is 9.47 Å². The number of phenols is 7. The lowest BCUT2D eigenvalue weighted by molar-refractivity contribution is 0.0919. The van der Waals surface area contributed by atoms with Gasteiger partial charge in [0.1, 0.15) is 68.4 Å². The number of ketones is 3. The van der Waals surface area contributed by atoms with Gasteiger partial charge < -0.3 is 45.2 Å². The number of phenolic OH excluding ortho intramolecular Hbond substituents is 7. The van der Waals surface area contributed by atoms with Crippen LogP contribution in [0.25, 0.3) is 0 Å². The van der Waals surface area contributed by atoms with Crippen molar-refractivity contribution >= 4 is 17.3 Å². The molecule has 3 aromatic rings. The lowest BCUT2D eigenvalue weighted by Crippen LogP contribution is -2.13. The minimum absolute atomic E-state index is 0.0397. The molecule has 0 aromatic heterocycles. The van der Waals surface area contributed by atoms with Crippen LogP contribution >= 0.6 is 0 Å². The second-order valence-corrected chi connectivity index (χ2v) is 12.2. The van der Waals surface area contributed by atoms with E-state index in [0.29, 0.717) is 19.3 Å². The fourth-order valence-corrected chi connectivity index (χ4v) is 6.02. The first kappa shape index (κ1) is 38.3. The highest BCUT2D eigenvalue weighted by Gasteiger charge is 2.34. The number of benzene rings is 3. The Balaban J connectivity index is 2.45. The molecule has 49 heavy (non-hydrogen) atoms. The zero-order chi connectivity index (χ0) is 37.1. The topological polar surface area (TPSA) is 211 Å². The van der Waals surface area contributed by atoms with E-state index in [-0.39, 0.29) is 57.7 Å². The summed E-state index contributed by atoms with van der Waals surface area (Å²) in [6, 6.07) is 0. The number of rotatable bonds is 15. The lowest BCUT2D eigenvalue weighted by Gasteiger charge is -2.23. The predicted molar refractivity (Wildman–Crippen MR) is 181 cm³/mol. The Morgan fingerprint density at radius 3 is 1.18 bits per heavy atom. The molecule has 3 rings (SSSR count). The Labute approximate surface area is 285 Å². The first-order chi connectivity index (χ1) is 23.0. The molecular weight excluding hydrogens is 636 g/mol. The van der Waals surface area contributed by atoms with Gasteiger partial charge in [-0.3, -0.25) is 14.4 Å². The Bertz CT molecular complexity index is 1690. The molecule has 0 heterocycles. The van der Waals surface area contributed by atoms with Crippen molar-refractivity contribution in [3.63, 3.8) is 0 Å². The maximum Gasteiger partial charge on any atom is 0.173 e. The van der Waals surface area contributed by atoms with Crippen molar-refractivity contribution < 1.29 is 59.6 Å². The molecule has 1 atom stereocenters. The van der Waals surface area contributed by atoms with Crippen LogP contribution in [0.1, 0.15) is 124 Å². The van der Waals surface area contributed by atoms with Gasteiger partial charge in [-0.2, -0.15) is 0 Å². The molecule has 0 saturated carbocycles. The van der Waals surface area contributed by atoms with E-state index >= 15 is 0 Å². The van der Waals surface area contributed by atoms with Gasteiger partial charge in [-0.1, -0.05) is 27.7 Å². The van der Waals surface area contributed by atoms with Crippen LogP contribution in [0.5, 0.6) is 51.7 Å². The highest BCUT2D eigenvalue weighted by molar-refractivity contribution is 6.05. The third-order valence-corrected chi connectivity index (χ3v) is 9.01. The number of aromatic hydroxyl groups is 7. The van der Waals surface area contributed by atoms with Gasteiger partial charge in [0.2, 0.25) is 0 Å². The zero-order valence-corrected chi connectivity index (χ0v) is 29.2. The summed E-state index contributed by atoms with van der Waals surface area (Å²) in [5, 5.41) is 79.6. The van der Waals surface area contributed by atoms with Crippen LogP contribution in [-0.2, 0) is 12.8 Å². The van der Waals surface area contributed by atoms with Crippen molar-refractivity contribution in [2.45, 2.75) is 86.5 Å². The summed E-state index contributed by atoms with van der Waals surface area (Å²) in [5.74, 6) is -7.31. The second-order valence-electron chi connectivity index (χ2n) is 12.2. The number of hydrogen-bond donors (Lipinski definition) is 7. The van der Waals surface area contributed by atoms with Crippen LogP contribution in [0, 0.1) is 19.8 Å². The maximum absolute atomic E-state index is 13.6. The van der Waals surface area contributed by atoms with E-state index in [1.165, 1.54) is 28.1 Å². The summed E-state index contributed by atoms with van der Waals surface area (Å²) in [7, 11) is 2.54. The zero-order valence-electron chi connectivity index (χ0n) is 29.2. The number of carbonyl (C=O) groups excluding carboxylic acids is 3. The van der Waals surface area contributed by atoms with E-state index in [1.807, 2.05) is 0 Å². The normalized spacial score (nSPS) is 11.8. The number of methoxy groups -OCH3 is 2. The van der Waals surface area contributed by atoms with Crippen LogP contribution in [-0.4, -0.2) is 67.3 Å². The quantitative estimate of drug-likeness (QED) is 0.0842. The van der Waals surface area contributed by atoms with Crippen molar-refractivity contribution in [1.29, 1.82) is 0 Å². The summed E-state index contributed by atoms with van der Waals surface area (Å²) in [6.07, 6.45) is -0.00157. The lowest BCUT2D eigenvalue weighted by atomic mass is 9.85. The second kappa shape index (κ2) is 15.4. The van der Waals surface area contributed by atoms with E-state index in [0.717, 1.165) is 0 Å². The highest BCUT2D eigenvalue weighted by atomic mass is 16.5. The molecule has 0 radical (unpaired) electrons. The minimum atomic E-state index is -0.837. The van der Waals surface area contributed by atoms with Crippen LogP contribution < -0.4 is 9.47 Å². The minimum Gasteiger partial charge on any atom is -0.507 e. The fraction of sp³-hybridized carbons (Fsp3) is 0.432. The third-order valence-electron chi connectivity index (χ3n) is 9.01. The van der Waals surface area contributed by atoms with Gasteiger partial charge in [0.25, 0.3) is 0 Å². The van der Waals surface area contributed by atoms with Gasteiger partial charge in [-0.15, -0.1) is 0 Å². The first-order valence-electron chi connectivity index (χ1n) is 16.2. The molecule has 0 aliphatic rings. The molecule has 1 unspecified atom stereocenters. The number of hydrogen-bond acceptors (Lipinski definition) is 12. The largest absolute Gasteiger partial charge is 0.507 e.